The fourth-order valence-corrected chi connectivity index (χ4v) is 1.44. The Kier molecular flexibility index (Phi) is 4.84. The molecule has 3 heteroatoms. The van der Waals surface area contributed by atoms with Crippen LogP contribution in [-0.2, 0) is 4.79 Å². The minimum absolute atomic E-state index is 0.116. The van der Waals surface area contributed by atoms with E-state index in [0.717, 1.165) is 12.2 Å². The number of benzene rings is 1. The van der Waals surface area contributed by atoms with Crippen LogP contribution in [0.4, 0.5) is 5.69 Å². The molecule has 0 atom stereocenters. The highest BCUT2D eigenvalue weighted by molar-refractivity contribution is 5.94. The topological polar surface area (TPSA) is 32.3 Å². The summed E-state index contributed by atoms with van der Waals surface area (Å²) in [6.45, 7) is 5.90. The van der Waals surface area contributed by atoms with Crippen LogP contribution in [0.25, 0.3) is 0 Å². The molecule has 1 amide bonds. The average molecular weight is 206 g/mol. The Bertz CT molecular complexity index is 298. The van der Waals surface area contributed by atoms with Gasteiger partial charge in [0, 0.05) is 12.2 Å². The lowest BCUT2D eigenvalue weighted by molar-refractivity contribution is -0.117. The first-order valence-electron chi connectivity index (χ1n) is 5.35. The monoisotopic (exact) mass is 206 g/mol. The molecule has 0 aromatic heterocycles. The summed E-state index contributed by atoms with van der Waals surface area (Å²) in [6, 6.07) is 9.74. The van der Waals surface area contributed by atoms with Crippen LogP contribution in [0.1, 0.15) is 13.8 Å². The standard InChI is InChI=1S/C12H18N2O/c1-3-13-10-12(15)14(4-2)11-8-6-5-7-9-11/h5-9,13H,3-4,10H2,1-2H3. The molecule has 82 valence electrons. The molecular formula is C12H18N2O. The summed E-state index contributed by atoms with van der Waals surface area (Å²) < 4.78 is 0. The molecule has 0 radical (unpaired) electrons. The van der Waals surface area contributed by atoms with Gasteiger partial charge in [-0.1, -0.05) is 25.1 Å². The summed E-state index contributed by atoms with van der Waals surface area (Å²) in [6.07, 6.45) is 0. The lowest BCUT2D eigenvalue weighted by Crippen LogP contribution is -2.38. The number of carbonyl (C=O) groups excluding carboxylic acids is 1. The van der Waals surface area contributed by atoms with Gasteiger partial charge in [-0.05, 0) is 25.6 Å². The smallest absolute Gasteiger partial charge is 0.240 e. The fourth-order valence-electron chi connectivity index (χ4n) is 1.44. The van der Waals surface area contributed by atoms with E-state index < -0.39 is 0 Å². The lowest BCUT2D eigenvalue weighted by atomic mass is 10.3. The third kappa shape index (κ3) is 3.36. The molecule has 0 heterocycles. The lowest BCUT2D eigenvalue weighted by Gasteiger charge is -2.21. The molecule has 0 bridgehead atoms. The quantitative estimate of drug-likeness (QED) is 0.794. The normalized spacial score (nSPS) is 10.0. The summed E-state index contributed by atoms with van der Waals surface area (Å²) in [7, 11) is 0. The van der Waals surface area contributed by atoms with Crippen molar-refractivity contribution in [3.8, 4) is 0 Å². The number of carbonyl (C=O) groups is 1. The molecule has 0 saturated carbocycles. The molecule has 1 rings (SSSR count). The van der Waals surface area contributed by atoms with Crippen LogP contribution in [-0.4, -0.2) is 25.5 Å². The molecule has 1 aromatic carbocycles. The van der Waals surface area contributed by atoms with Gasteiger partial charge in [-0.25, -0.2) is 0 Å². The maximum atomic E-state index is 11.8. The zero-order valence-electron chi connectivity index (χ0n) is 9.36. The van der Waals surface area contributed by atoms with Crippen LogP contribution < -0.4 is 10.2 Å². The molecule has 0 saturated heterocycles. The number of hydrogen-bond donors (Lipinski definition) is 1. The van der Waals surface area contributed by atoms with Gasteiger partial charge in [0.05, 0.1) is 6.54 Å². The second kappa shape index (κ2) is 6.19. The first-order valence-corrected chi connectivity index (χ1v) is 5.35. The summed E-state index contributed by atoms with van der Waals surface area (Å²) in [5.41, 5.74) is 0.961. The number of para-hydroxylation sites is 1. The van der Waals surface area contributed by atoms with Crippen LogP contribution in [0.5, 0.6) is 0 Å². The van der Waals surface area contributed by atoms with Crippen molar-refractivity contribution >= 4 is 11.6 Å². The Morgan fingerprint density at radius 3 is 2.47 bits per heavy atom. The first kappa shape index (κ1) is 11.7. The third-order valence-corrected chi connectivity index (χ3v) is 2.21. The SMILES string of the molecule is CCNCC(=O)N(CC)c1ccccc1. The van der Waals surface area contributed by atoms with Gasteiger partial charge in [-0.15, -0.1) is 0 Å². The molecule has 0 spiro atoms. The van der Waals surface area contributed by atoms with Crippen LogP contribution in [0.15, 0.2) is 30.3 Å². The van der Waals surface area contributed by atoms with Crippen LogP contribution >= 0.6 is 0 Å². The van der Waals surface area contributed by atoms with E-state index in [9.17, 15) is 4.79 Å². The predicted octanol–water partition coefficient (Wildman–Crippen LogP) is 1.65. The number of hydrogen-bond acceptors (Lipinski definition) is 2. The molecule has 15 heavy (non-hydrogen) atoms. The predicted molar refractivity (Wildman–Crippen MR) is 63.0 cm³/mol. The van der Waals surface area contributed by atoms with Crippen molar-refractivity contribution in [3.05, 3.63) is 30.3 Å². The van der Waals surface area contributed by atoms with Gasteiger partial charge in [0.1, 0.15) is 0 Å². The summed E-state index contributed by atoms with van der Waals surface area (Å²) in [5.74, 6) is 0.116. The molecule has 1 aromatic rings. The molecular weight excluding hydrogens is 188 g/mol. The minimum Gasteiger partial charge on any atom is -0.312 e. The minimum atomic E-state index is 0.116. The molecule has 0 aliphatic rings. The Hall–Kier alpha value is -1.35. The average Bonchev–Trinajstić information content (AvgIpc) is 2.29. The van der Waals surface area contributed by atoms with Gasteiger partial charge in [-0.3, -0.25) is 4.79 Å². The number of nitrogens with zero attached hydrogens (tertiary/aromatic N) is 1. The summed E-state index contributed by atoms with van der Waals surface area (Å²) >= 11 is 0. The maximum Gasteiger partial charge on any atom is 0.240 e. The zero-order chi connectivity index (χ0) is 11.1. The molecule has 1 N–H and O–H groups in total. The van der Waals surface area contributed by atoms with Crippen molar-refractivity contribution in [1.82, 2.24) is 5.32 Å². The van der Waals surface area contributed by atoms with Gasteiger partial charge >= 0.3 is 0 Å². The first-order chi connectivity index (χ1) is 7.29. The van der Waals surface area contributed by atoms with Gasteiger partial charge in [0.2, 0.25) is 5.91 Å². The Morgan fingerprint density at radius 2 is 1.93 bits per heavy atom. The van der Waals surface area contributed by atoms with E-state index in [0.29, 0.717) is 13.1 Å². The van der Waals surface area contributed by atoms with Crippen LogP contribution in [0, 0.1) is 0 Å². The molecule has 3 nitrogen and oxygen atoms in total. The zero-order valence-corrected chi connectivity index (χ0v) is 9.36. The number of likely N-dealkylation sites (N-methyl/N-ethyl adjacent to an activating group) is 2. The highest BCUT2D eigenvalue weighted by Crippen LogP contribution is 2.12. The largest absolute Gasteiger partial charge is 0.312 e. The van der Waals surface area contributed by atoms with E-state index in [-0.39, 0.29) is 5.91 Å². The number of rotatable bonds is 5. The molecule has 0 aliphatic heterocycles. The van der Waals surface area contributed by atoms with Crippen molar-refractivity contribution in [2.45, 2.75) is 13.8 Å². The molecule has 0 aliphatic carbocycles. The van der Waals surface area contributed by atoms with Gasteiger partial charge in [0.15, 0.2) is 0 Å². The maximum absolute atomic E-state index is 11.8. The second-order valence-electron chi connectivity index (χ2n) is 3.25. The van der Waals surface area contributed by atoms with E-state index in [1.807, 2.05) is 44.2 Å². The van der Waals surface area contributed by atoms with E-state index >= 15 is 0 Å². The Balaban J connectivity index is 2.67. The number of amides is 1. The van der Waals surface area contributed by atoms with Crippen molar-refractivity contribution in [2.75, 3.05) is 24.5 Å². The van der Waals surface area contributed by atoms with Crippen LogP contribution in [0.3, 0.4) is 0 Å². The fraction of sp³-hybridized carbons (Fsp3) is 0.417. The van der Waals surface area contributed by atoms with Gasteiger partial charge < -0.3 is 10.2 Å². The van der Waals surface area contributed by atoms with Crippen molar-refractivity contribution < 1.29 is 4.79 Å². The molecule has 0 unspecified atom stereocenters. The third-order valence-electron chi connectivity index (χ3n) is 2.21. The summed E-state index contributed by atoms with van der Waals surface area (Å²) in [4.78, 5) is 13.6. The van der Waals surface area contributed by atoms with Gasteiger partial charge in [-0.2, -0.15) is 0 Å². The van der Waals surface area contributed by atoms with Crippen LogP contribution in [0.2, 0.25) is 0 Å². The van der Waals surface area contributed by atoms with Crippen molar-refractivity contribution in [1.29, 1.82) is 0 Å². The van der Waals surface area contributed by atoms with Crippen molar-refractivity contribution in [2.24, 2.45) is 0 Å². The highest BCUT2D eigenvalue weighted by atomic mass is 16.2. The van der Waals surface area contributed by atoms with Crippen molar-refractivity contribution in [3.63, 3.8) is 0 Å². The highest BCUT2D eigenvalue weighted by Gasteiger charge is 2.11. The van der Waals surface area contributed by atoms with E-state index in [1.54, 1.807) is 4.90 Å². The molecule has 0 fully saturated rings. The number of nitrogens with one attached hydrogen (secondary N) is 1. The van der Waals surface area contributed by atoms with E-state index in [1.165, 1.54) is 0 Å². The second-order valence-corrected chi connectivity index (χ2v) is 3.25. The van der Waals surface area contributed by atoms with E-state index in [4.69, 9.17) is 0 Å². The van der Waals surface area contributed by atoms with Gasteiger partial charge in [0.25, 0.3) is 0 Å². The Morgan fingerprint density at radius 1 is 1.27 bits per heavy atom. The Labute approximate surface area is 91.1 Å². The summed E-state index contributed by atoms with van der Waals surface area (Å²) in [5, 5.41) is 3.04. The number of anilines is 1. The van der Waals surface area contributed by atoms with E-state index in [2.05, 4.69) is 5.32 Å².